The van der Waals surface area contributed by atoms with Gasteiger partial charge in [0.2, 0.25) is 0 Å². The minimum atomic E-state index is -1.11. The summed E-state index contributed by atoms with van der Waals surface area (Å²) in [5.41, 5.74) is 7.03. The van der Waals surface area contributed by atoms with Crippen molar-refractivity contribution in [1.82, 2.24) is 0 Å². The number of aliphatic carboxylic acids is 1. The van der Waals surface area contributed by atoms with E-state index in [1.165, 1.54) is 6.07 Å². The van der Waals surface area contributed by atoms with E-state index in [-0.39, 0.29) is 30.9 Å². The Labute approximate surface area is 139 Å². The van der Waals surface area contributed by atoms with Crippen molar-refractivity contribution >= 4 is 17.6 Å². The summed E-state index contributed by atoms with van der Waals surface area (Å²) in [6, 6.07) is 13.9. The van der Waals surface area contributed by atoms with Gasteiger partial charge in [0.1, 0.15) is 12.4 Å². The number of carboxylic acids is 1. The predicted octanol–water partition coefficient (Wildman–Crippen LogP) is 2.35. The number of hydrogen-bond donors (Lipinski definition) is 3. The van der Waals surface area contributed by atoms with Gasteiger partial charge in [-0.25, -0.2) is 0 Å². The topological polar surface area (TPSA) is 110 Å². The number of aromatic hydroxyl groups is 1. The first-order chi connectivity index (χ1) is 11.5. The molecular weight excluding hydrogens is 310 g/mol. The van der Waals surface area contributed by atoms with Crippen LogP contribution in [0.1, 0.15) is 17.5 Å². The summed E-state index contributed by atoms with van der Waals surface area (Å²) in [6.07, 6.45) is -0.349. The van der Waals surface area contributed by atoms with E-state index < -0.39 is 17.9 Å². The van der Waals surface area contributed by atoms with Crippen LogP contribution in [0, 0.1) is 5.92 Å². The average Bonchev–Trinajstić information content (AvgIpc) is 2.56. The van der Waals surface area contributed by atoms with Gasteiger partial charge in [-0.15, -0.1) is 0 Å². The molecule has 0 aliphatic carbocycles. The van der Waals surface area contributed by atoms with Crippen LogP contribution in [-0.4, -0.2) is 22.2 Å². The van der Waals surface area contributed by atoms with Gasteiger partial charge in [-0.2, -0.15) is 0 Å². The molecule has 0 radical (unpaired) electrons. The Morgan fingerprint density at radius 2 is 1.79 bits per heavy atom. The number of benzene rings is 2. The minimum absolute atomic E-state index is 0.0385. The Bertz CT molecular complexity index is 715. The first kappa shape index (κ1) is 17.3. The summed E-state index contributed by atoms with van der Waals surface area (Å²) in [5, 5.41) is 19.0. The van der Waals surface area contributed by atoms with Gasteiger partial charge in [0, 0.05) is 0 Å². The molecule has 6 heteroatoms. The standard InChI is InChI=1S/C18H19NO5/c19-15-8-4-7-13(17(15)22)9-14(10-16(20)21)18(23)24-11-12-5-2-1-3-6-12/h1-8,14,22H,9-11,19H2,(H,20,21). The molecule has 4 N–H and O–H groups in total. The van der Waals surface area contributed by atoms with Crippen LogP contribution < -0.4 is 5.73 Å². The molecule has 126 valence electrons. The Morgan fingerprint density at radius 3 is 2.46 bits per heavy atom. The zero-order valence-electron chi connectivity index (χ0n) is 13.0. The van der Waals surface area contributed by atoms with Crippen molar-refractivity contribution in [3.63, 3.8) is 0 Å². The number of rotatable bonds is 7. The van der Waals surface area contributed by atoms with E-state index in [4.69, 9.17) is 15.6 Å². The van der Waals surface area contributed by atoms with Crippen LogP contribution in [0.2, 0.25) is 0 Å². The molecular formula is C18H19NO5. The highest BCUT2D eigenvalue weighted by Gasteiger charge is 2.25. The monoisotopic (exact) mass is 329 g/mol. The maximum Gasteiger partial charge on any atom is 0.310 e. The fourth-order valence-corrected chi connectivity index (χ4v) is 2.34. The quantitative estimate of drug-likeness (QED) is 0.408. The third-order valence-corrected chi connectivity index (χ3v) is 3.60. The van der Waals surface area contributed by atoms with Gasteiger partial charge in [-0.1, -0.05) is 42.5 Å². The second kappa shape index (κ2) is 8.01. The molecule has 0 heterocycles. The van der Waals surface area contributed by atoms with Crippen molar-refractivity contribution in [2.24, 2.45) is 5.92 Å². The van der Waals surface area contributed by atoms with E-state index in [9.17, 15) is 14.7 Å². The number of hydrogen-bond acceptors (Lipinski definition) is 5. The number of para-hydroxylation sites is 1. The van der Waals surface area contributed by atoms with Crippen molar-refractivity contribution in [3.05, 3.63) is 59.7 Å². The van der Waals surface area contributed by atoms with E-state index in [1.807, 2.05) is 30.3 Å². The number of esters is 1. The average molecular weight is 329 g/mol. The maximum absolute atomic E-state index is 12.3. The highest BCUT2D eigenvalue weighted by molar-refractivity contribution is 5.79. The molecule has 0 saturated carbocycles. The Hall–Kier alpha value is -3.02. The lowest BCUT2D eigenvalue weighted by molar-refractivity contribution is -0.154. The molecule has 2 rings (SSSR count). The molecule has 1 unspecified atom stereocenters. The fourth-order valence-electron chi connectivity index (χ4n) is 2.34. The predicted molar refractivity (Wildman–Crippen MR) is 88.2 cm³/mol. The fraction of sp³-hybridized carbons (Fsp3) is 0.222. The van der Waals surface area contributed by atoms with Crippen molar-refractivity contribution in [3.8, 4) is 5.75 Å². The number of phenolic OH excluding ortho intramolecular Hbond substituents is 1. The summed E-state index contributed by atoms with van der Waals surface area (Å²) < 4.78 is 5.22. The first-order valence-electron chi connectivity index (χ1n) is 7.46. The van der Waals surface area contributed by atoms with E-state index in [0.717, 1.165) is 5.56 Å². The lowest BCUT2D eigenvalue weighted by Gasteiger charge is -2.15. The molecule has 2 aromatic rings. The molecule has 0 amide bonds. The number of nitrogen functional groups attached to an aromatic ring is 1. The maximum atomic E-state index is 12.3. The molecule has 0 fully saturated rings. The van der Waals surface area contributed by atoms with E-state index in [2.05, 4.69) is 0 Å². The summed E-state index contributed by atoms with van der Waals surface area (Å²) >= 11 is 0. The van der Waals surface area contributed by atoms with Crippen LogP contribution in [0.5, 0.6) is 5.75 Å². The number of phenols is 1. The van der Waals surface area contributed by atoms with Crippen LogP contribution in [-0.2, 0) is 27.4 Å². The number of carboxylic acid groups (broad SMARTS) is 1. The molecule has 0 aromatic heterocycles. The third kappa shape index (κ3) is 4.74. The van der Waals surface area contributed by atoms with E-state index >= 15 is 0 Å². The van der Waals surface area contributed by atoms with Gasteiger partial charge in [-0.05, 0) is 23.6 Å². The van der Waals surface area contributed by atoms with Crippen LogP contribution in [0.4, 0.5) is 5.69 Å². The molecule has 24 heavy (non-hydrogen) atoms. The van der Waals surface area contributed by atoms with Gasteiger partial charge in [0.25, 0.3) is 0 Å². The number of anilines is 1. The van der Waals surface area contributed by atoms with Gasteiger partial charge in [0.05, 0.1) is 18.0 Å². The Balaban J connectivity index is 2.08. The van der Waals surface area contributed by atoms with Gasteiger partial charge < -0.3 is 20.7 Å². The van der Waals surface area contributed by atoms with E-state index in [1.54, 1.807) is 12.1 Å². The van der Waals surface area contributed by atoms with E-state index in [0.29, 0.717) is 5.56 Å². The molecule has 1 atom stereocenters. The van der Waals surface area contributed by atoms with Crippen molar-refractivity contribution < 1.29 is 24.5 Å². The smallest absolute Gasteiger partial charge is 0.310 e. The normalized spacial score (nSPS) is 11.7. The van der Waals surface area contributed by atoms with Crippen LogP contribution >= 0.6 is 0 Å². The third-order valence-electron chi connectivity index (χ3n) is 3.60. The van der Waals surface area contributed by atoms with Crippen molar-refractivity contribution in [2.75, 3.05) is 5.73 Å². The van der Waals surface area contributed by atoms with Gasteiger partial charge in [0.15, 0.2) is 0 Å². The minimum Gasteiger partial charge on any atom is -0.506 e. The molecule has 0 bridgehead atoms. The zero-order valence-corrected chi connectivity index (χ0v) is 13.0. The van der Waals surface area contributed by atoms with Crippen molar-refractivity contribution in [2.45, 2.75) is 19.4 Å². The lowest BCUT2D eigenvalue weighted by atomic mass is 9.95. The van der Waals surface area contributed by atoms with Crippen LogP contribution in [0.15, 0.2) is 48.5 Å². The van der Waals surface area contributed by atoms with Gasteiger partial charge >= 0.3 is 11.9 Å². The summed E-state index contributed by atoms with van der Waals surface area (Å²) in [6.45, 7) is 0.0682. The van der Waals surface area contributed by atoms with Gasteiger partial charge in [-0.3, -0.25) is 9.59 Å². The first-order valence-corrected chi connectivity index (χ1v) is 7.46. The number of carbonyl (C=O) groups is 2. The second-order valence-corrected chi connectivity index (χ2v) is 5.45. The van der Waals surface area contributed by atoms with Crippen molar-refractivity contribution in [1.29, 1.82) is 0 Å². The Kier molecular flexibility index (Phi) is 5.78. The molecule has 0 aliphatic heterocycles. The Morgan fingerprint density at radius 1 is 1.08 bits per heavy atom. The number of ether oxygens (including phenoxy) is 1. The largest absolute Gasteiger partial charge is 0.506 e. The highest BCUT2D eigenvalue weighted by Crippen LogP contribution is 2.28. The highest BCUT2D eigenvalue weighted by atomic mass is 16.5. The molecule has 0 saturated heterocycles. The number of nitrogens with two attached hydrogens (primary N) is 1. The molecule has 2 aromatic carbocycles. The van der Waals surface area contributed by atoms with Crippen LogP contribution in [0.25, 0.3) is 0 Å². The lowest BCUT2D eigenvalue weighted by Crippen LogP contribution is -2.23. The zero-order chi connectivity index (χ0) is 17.5. The number of carbonyl (C=O) groups excluding carboxylic acids is 1. The van der Waals surface area contributed by atoms with Crippen LogP contribution in [0.3, 0.4) is 0 Å². The SMILES string of the molecule is Nc1cccc(CC(CC(=O)O)C(=O)OCc2ccccc2)c1O. The summed E-state index contributed by atoms with van der Waals surface area (Å²) in [7, 11) is 0. The second-order valence-electron chi connectivity index (χ2n) is 5.45. The molecule has 6 nitrogen and oxygen atoms in total. The molecule has 0 aliphatic rings. The summed E-state index contributed by atoms with van der Waals surface area (Å²) in [5.74, 6) is -2.77. The molecule has 0 spiro atoms. The summed E-state index contributed by atoms with van der Waals surface area (Å²) in [4.78, 5) is 23.3.